The van der Waals surface area contributed by atoms with Gasteiger partial charge in [0.05, 0.1) is 0 Å². The van der Waals surface area contributed by atoms with Crippen LogP contribution in [0.5, 0.6) is 0 Å². The average molecular weight is 599 g/mol. The summed E-state index contributed by atoms with van der Waals surface area (Å²) in [6, 6.07) is 8.59. The first kappa shape index (κ1) is 33.5. The number of esters is 1. The van der Waals surface area contributed by atoms with Gasteiger partial charge in [-0.15, -0.1) is 0 Å². The summed E-state index contributed by atoms with van der Waals surface area (Å²) in [7, 11) is 0. The fourth-order valence-electron chi connectivity index (χ4n) is 2.10. The van der Waals surface area contributed by atoms with Gasteiger partial charge in [-0.1, -0.05) is 30.3 Å². The molecule has 1 amide bonds. The monoisotopic (exact) mass is 599 g/mol. The summed E-state index contributed by atoms with van der Waals surface area (Å²) in [5, 5.41) is 2.60. The van der Waals surface area contributed by atoms with Crippen molar-refractivity contribution in [3.05, 3.63) is 87.6 Å². The van der Waals surface area contributed by atoms with E-state index in [2.05, 4.69) is 25.3 Å². The Balaban J connectivity index is -0.00000103. The molecular formula is C22H22NO7Re. The van der Waals surface area contributed by atoms with Crippen LogP contribution in [-0.4, -0.2) is 23.7 Å². The molecule has 1 N–H and O–H groups in total. The van der Waals surface area contributed by atoms with Gasteiger partial charge in [0, 0.05) is 39.7 Å². The van der Waals surface area contributed by atoms with Gasteiger partial charge in [0.2, 0.25) is 0 Å². The van der Waals surface area contributed by atoms with Crippen molar-refractivity contribution in [1.82, 2.24) is 5.32 Å². The number of nitrogens with one attached hydrogen (secondary N) is 1. The van der Waals surface area contributed by atoms with Crippen LogP contribution >= 0.6 is 0 Å². The molecule has 6 radical (unpaired) electrons. The van der Waals surface area contributed by atoms with Crippen LogP contribution in [0.25, 0.3) is 0 Å². The Morgan fingerprint density at radius 2 is 1.45 bits per heavy atom. The molecule has 1 fully saturated rings. The molecule has 0 heterocycles. The maximum absolute atomic E-state index is 12.4. The quantitative estimate of drug-likeness (QED) is 0.318. The summed E-state index contributed by atoms with van der Waals surface area (Å²) in [5.74, 6) is -0.532. The van der Waals surface area contributed by atoms with Crippen molar-refractivity contribution in [2.45, 2.75) is 38.8 Å². The predicted octanol–water partition coefficient (Wildman–Crippen LogP) is 2.91. The minimum absolute atomic E-state index is 0. The van der Waals surface area contributed by atoms with E-state index in [0.29, 0.717) is 12.5 Å². The van der Waals surface area contributed by atoms with Gasteiger partial charge in [0.25, 0.3) is 0 Å². The van der Waals surface area contributed by atoms with Crippen molar-refractivity contribution in [3.8, 4) is 0 Å². The van der Waals surface area contributed by atoms with Gasteiger partial charge < -0.3 is 14.8 Å². The molecule has 0 unspecified atom stereocenters. The number of amides is 1. The molecule has 9 heteroatoms. The van der Waals surface area contributed by atoms with Crippen molar-refractivity contribution in [2.24, 2.45) is 0 Å². The van der Waals surface area contributed by atoms with E-state index in [1.807, 2.05) is 30.3 Å². The molecule has 0 spiro atoms. The van der Waals surface area contributed by atoms with Crippen LogP contribution in [0.15, 0.2) is 30.3 Å². The van der Waals surface area contributed by atoms with E-state index in [0.717, 1.165) is 5.56 Å². The zero-order chi connectivity index (χ0) is 23.6. The molecule has 8 nitrogen and oxygen atoms in total. The SMILES string of the molecule is CC(C)(C)OC(=O)N[C@@H](Cc1ccccc1)C(=O)O[C]1[CH][CH][CH][CH]1.[C-]#[O+].[C-]#[O+].[C-]#[O+].[Re]. The zero-order valence-electron chi connectivity index (χ0n) is 17.2. The molecule has 1 aromatic rings. The number of rotatable bonds is 5. The van der Waals surface area contributed by atoms with Crippen molar-refractivity contribution in [1.29, 1.82) is 0 Å². The Kier molecular flexibility index (Phi) is 21.4. The van der Waals surface area contributed by atoms with Gasteiger partial charge in [-0.3, -0.25) is 0 Å². The van der Waals surface area contributed by atoms with Gasteiger partial charge >= 0.3 is 46.0 Å². The second-order valence-corrected chi connectivity index (χ2v) is 6.43. The van der Waals surface area contributed by atoms with E-state index >= 15 is 0 Å². The molecule has 1 aromatic carbocycles. The third-order valence-electron chi connectivity index (χ3n) is 3.11. The fraction of sp³-hybridized carbons (Fsp3) is 0.273. The van der Waals surface area contributed by atoms with Crippen LogP contribution in [0.2, 0.25) is 0 Å². The summed E-state index contributed by atoms with van der Waals surface area (Å²) >= 11 is 0. The molecule has 2 rings (SSSR count). The number of carbonyl (C=O) groups is 2. The smallest absolute Gasteiger partial charge is 0 e. The van der Waals surface area contributed by atoms with Crippen molar-refractivity contribution in [2.75, 3.05) is 0 Å². The second-order valence-electron chi connectivity index (χ2n) is 6.43. The van der Waals surface area contributed by atoms with Crippen LogP contribution in [0, 0.1) is 51.7 Å². The van der Waals surface area contributed by atoms with Crippen molar-refractivity contribution in [3.63, 3.8) is 0 Å². The minimum atomic E-state index is -0.836. The first-order valence-corrected chi connectivity index (χ1v) is 8.41. The molecule has 1 aliphatic rings. The standard InChI is InChI=1S/C19H22NO4.3CO.Re/c1-19(2,3)24-18(22)20-16(13-14-9-5-4-6-10-14)17(21)23-15-11-7-8-12-15;3*1-2;/h4-12,16H,13H2,1-3H3,(H,20,22);;;;/t16-;;;;/m0..../s1. The van der Waals surface area contributed by atoms with Crippen LogP contribution in [0.1, 0.15) is 26.3 Å². The maximum atomic E-state index is 12.4. The number of hydrogen-bond acceptors (Lipinski definition) is 4. The number of carbonyl (C=O) groups excluding carboxylic acids is 2. The van der Waals surface area contributed by atoms with Crippen molar-refractivity contribution < 1.29 is 53.4 Å². The summed E-state index contributed by atoms with van der Waals surface area (Å²) in [6.07, 6.45) is 7.04. The summed E-state index contributed by atoms with van der Waals surface area (Å²) in [5.41, 5.74) is 0.273. The van der Waals surface area contributed by atoms with Gasteiger partial charge in [-0.05, 0) is 39.2 Å². The summed E-state index contributed by atoms with van der Waals surface area (Å²) in [6.45, 7) is 18.8. The molecule has 1 saturated carbocycles. The summed E-state index contributed by atoms with van der Waals surface area (Å²) in [4.78, 5) is 24.4. The van der Waals surface area contributed by atoms with Gasteiger partial charge in [0.1, 0.15) is 11.6 Å². The van der Waals surface area contributed by atoms with E-state index in [1.165, 1.54) is 0 Å². The number of hydrogen-bond donors (Lipinski definition) is 1. The van der Waals surface area contributed by atoms with Crippen molar-refractivity contribution >= 4 is 12.1 Å². The Labute approximate surface area is 197 Å². The van der Waals surface area contributed by atoms with Crippen LogP contribution in [-0.2, 0) is 55.1 Å². The third-order valence-corrected chi connectivity index (χ3v) is 3.11. The van der Waals surface area contributed by atoms with Crippen LogP contribution < -0.4 is 5.32 Å². The number of benzene rings is 1. The normalized spacial score (nSPS) is 12.9. The second kappa shape index (κ2) is 19.8. The molecular weight excluding hydrogens is 576 g/mol. The van der Waals surface area contributed by atoms with E-state index in [1.54, 1.807) is 46.5 Å². The molecule has 0 bridgehead atoms. The van der Waals surface area contributed by atoms with Crippen LogP contribution in [0.3, 0.4) is 0 Å². The van der Waals surface area contributed by atoms with Gasteiger partial charge in [-0.2, -0.15) is 0 Å². The van der Waals surface area contributed by atoms with Gasteiger partial charge in [0.15, 0.2) is 6.10 Å². The van der Waals surface area contributed by atoms with Crippen LogP contribution in [0.4, 0.5) is 4.79 Å². The molecule has 31 heavy (non-hydrogen) atoms. The maximum Gasteiger partial charge on any atom is 0 e. The first-order chi connectivity index (χ1) is 14.3. The molecule has 0 aliphatic heterocycles. The minimum Gasteiger partial charge on any atom is 0 e. The molecule has 1 aliphatic carbocycles. The Bertz CT molecular complexity index is 660. The predicted molar refractivity (Wildman–Crippen MR) is 102 cm³/mol. The zero-order valence-corrected chi connectivity index (χ0v) is 19.9. The van der Waals surface area contributed by atoms with E-state index in [9.17, 15) is 9.59 Å². The molecule has 1 atom stereocenters. The number of ether oxygens (including phenoxy) is 2. The number of alkyl carbamates (subject to hydrolysis) is 1. The van der Waals surface area contributed by atoms with E-state index < -0.39 is 23.7 Å². The molecule has 0 saturated heterocycles. The Hall–Kier alpha value is -2.16. The van der Waals surface area contributed by atoms with E-state index in [4.69, 9.17) is 23.4 Å². The summed E-state index contributed by atoms with van der Waals surface area (Å²) < 4.78 is 33.0. The fourth-order valence-corrected chi connectivity index (χ4v) is 2.10. The Morgan fingerprint density at radius 1 is 0.968 bits per heavy atom. The Morgan fingerprint density at radius 3 is 1.90 bits per heavy atom. The van der Waals surface area contributed by atoms with Gasteiger partial charge in [-0.25, -0.2) is 9.59 Å². The molecule has 164 valence electrons. The topological polar surface area (TPSA) is 124 Å². The van der Waals surface area contributed by atoms with E-state index in [-0.39, 0.29) is 20.4 Å². The largest absolute Gasteiger partial charge is 0 e. The third kappa shape index (κ3) is 16.2. The molecule has 0 aromatic heterocycles. The first-order valence-electron chi connectivity index (χ1n) is 8.41. The average Bonchev–Trinajstić information content (AvgIpc) is 3.24.